The summed E-state index contributed by atoms with van der Waals surface area (Å²) in [6, 6.07) is 0.522. The van der Waals surface area contributed by atoms with Gasteiger partial charge in [0, 0.05) is 30.4 Å². The normalized spacial score (nSPS) is 18.2. The number of anilines is 1. The number of piperidine rings is 1. The molecule has 1 fully saturated rings. The third kappa shape index (κ3) is 3.40. The molecular weight excluding hydrogens is 280 g/mol. The molecule has 5 heteroatoms. The summed E-state index contributed by atoms with van der Waals surface area (Å²) in [6.07, 6.45) is 7.34. The molecule has 1 atom stereocenters. The molecule has 3 heterocycles. The Kier molecular flexibility index (Phi) is 4.16. The number of aryl methyl sites for hydroxylation is 1. The lowest BCUT2D eigenvalue weighted by atomic mass is 10.0. The summed E-state index contributed by atoms with van der Waals surface area (Å²) in [5.41, 5.74) is 1.64. The highest BCUT2D eigenvalue weighted by atomic mass is 32.1. The number of hydrogen-bond donors (Lipinski definition) is 0. The fourth-order valence-corrected chi connectivity index (χ4v) is 3.03. The lowest BCUT2D eigenvalue weighted by Crippen LogP contribution is -2.38. The van der Waals surface area contributed by atoms with Gasteiger partial charge < -0.3 is 4.90 Å². The Morgan fingerprint density at radius 2 is 2.05 bits per heavy atom. The van der Waals surface area contributed by atoms with Crippen molar-refractivity contribution in [3.63, 3.8) is 0 Å². The van der Waals surface area contributed by atoms with Gasteiger partial charge in [-0.05, 0) is 39.0 Å². The first-order valence-electron chi connectivity index (χ1n) is 7.25. The van der Waals surface area contributed by atoms with E-state index < -0.39 is 0 Å². The van der Waals surface area contributed by atoms with Gasteiger partial charge in [0.25, 0.3) is 0 Å². The van der Waals surface area contributed by atoms with Gasteiger partial charge in [-0.1, -0.05) is 5.92 Å². The van der Waals surface area contributed by atoms with Gasteiger partial charge in [0.05, 0.1) is 10.6 Å². The molecule has 4 nitrogen and oxygen atoms in total. The van der Waals surface area contributed by atoms with Crippen molar-refractivity contribution in [2.45, 2.75) is 39.2 Å². The maximum atomic E-state index is 4.46. The quantitative estimate of drug-likeness (QED) is 0.759. The standard InChI is InChI=1S/C16H18N4S/c1-12-5-3-4-8-20(12)16-17-9-14(10-18-16)6-7-15-11-21-13(2)19-15/h9-12H,3-5,8H2,1-2H3. The van der Waals surface area contributed by atoms with Gasteiger partial charge in [0.1, 0.15) is 5.69 Å². The number of hydrogen-bond acceptors (Lipinski definition) is 5. The van der Waals surface area contributed by atoms with Crippen LogP contribution >= 0.6 is 11.3 Å². The summed E-state index contributed by atoms with van der Waals surface area (Å²) >= 11 is 1.61. The molecule has 21 heavy (non-hydrogen) atoms. The first-order chi connectivity index (χ1) is 10.2. The average Bonchev–Trinajstić information content (AvgIpc) is 2.92. The van der Waals surface area contributed by atoms with Crippen molar-refractivity contribution >= 4 is 17.3 Å². The van der Waals surface area contributed by atoms with E-state index in [2.05, 4.69) is 38.6 Å². The summed E-state index contributed by atoms with van der Waals surface area (Å²) < 4.78 is 0. The van der Waals surface area contributed by atoms with E-state index in [4.69, 9.17) is 0 Å². The molecule has 0 amide bonds. The lowest BCUT2D eigenvalue weighted by molar-refractivity contribution is 0.477. The molecular formula is C16H18N4S. The Morgan fingerprint density at radius 3 is 2.71 bits per heavy atom. The molecule has 3 rings (SSSR count). The Balaban J connectivity index is 1.73. The van der Waals surface area contributed by atoms with Gasteiger partial charge in [-0.15, -0.1) is 11.3 Å². The van der Waals surface area contributed by atoms with Crippen LogP contribution in [0.25, 0.3) is 0 Å². The van der Waals surface area contributed by atoms with Gasteiger partial charge in [0.15, 0.2) is 0 Å². The van der Waals surface area contributed by atoms with Gasteiger partial charge in [-0.3, -0.25) is 0 Å². The van der Waals surface area contributed by atoms with Crippen molar-refractivity contribution in [3.8, 4) is 11.8 Å². The predicted octanol–water partition coefficient (Wildman–Crippen LogP) is 3.02. The first-order valence-corrected chi connectivity index (χ1v) is 8.13. The highest BCUT2D eigenvalue weighted by molar-refractivity contribution is 7.09. The van der Waals surface area contributed by atoms with E-state index in [1.165, 1.54) is 19.3 Å². The zero-order valence-corrected chi connectivity index (χ0v) is 13.2. The minimum atomic E-state index is 0.522. The summed E-state index contributed by atoms with van der Waals surface area (Å²) in [5.74, 6) is 6.93. The Labute approximate surface area is 129 Å². The summed E-state index contributed by atoms with van der Waals surface area (Å²) in [5, 5.41) is 3.00. The van der Waals surface area contributed by atoms with Crippen LogP contribution in [-0.2, 0) is 0 Å². The maximum absolute atomic E-state index is 4.46. The molecule has 108 valence electrons. The SMILES string of the molecule is Cc1nc(C#Cc2cnc(N3CCCCC3C)nc2)cs1. The van der Waals surface area contributed by atoms with Crippen LogP contribution in [0.5, 0.6) is 0 Å². The molecule has 0 N–H and O–H groups in total. The van der Waals surface area contributed by atoms with E-state index in [1.54, 1.807) is 23.7 Å². The van der Waals surface area contributed by atoms with Crippen LogP contribution in [0.4, 0.5) is 5.95 Å². The molecule has 0 saturated carbocycles. The maximum Gasteiger partial charge on any atom is 0.225 e. The highest BCUT2D eigenvalue weighted by Gasteiger charge is 2.20. The third-order valence-electron chi connectivity index (χ3n) is 3.65. The highest BCUT2D eigenvalue weighted by Crippen LogP contribution is 2.20. The molecule has 0 radical (unpaired) electrons. The molecule has 1 aliphatic rings. The predicted molar refractivity (Wildman–Crippen MR) is 85.5 cm³/mol. The Bertz CT molecular complexity index is 666. The van der Waals surface area contributed by atoms with Crippen LogP contribution in [0.2, 0.25) is 0 Å². The van der Waals surface area contributed by atoms with Gasteiger partial charge in [-0.2, -0.15) is 0 Å². The van der Waals surface area contributed by atoms with Crippen molar-refractivity contribution in [3.05, 3.63) is 34.0 Å². The van der Waals surface area contributed by atoms with Crippen molar-refractivity contribution in [2.24, 2.45) is 0 Å². The number of rotatable bonds is 1. The summed E-state index contributed by atoms with van der Waals surface area (Å²) in [6.45, 7) is 5.26. The number of nitrogens with zero attached hydrogens (tertiary/aromatic N) is 4. The van der Waals surface area contributed by atoms with Crippen LogP contribution in [0.15, 0.2) is 17.8 Å². The van der Waals surface area contributed by atoms with Gasteiger partial charge >= 0.3 is 0 Å². The lowest BCUT2D eigenvalue weighted by Gasteiger charge is -2.33. The first kappa shape index (κ1) is 14.0. The largest absolute Gasteiger partial charge is 0.338 e. The minimum absolute atomic E-state index is 0.522. The summed E-state index contributed by atoms with van der Waals surface area (Å²) in [7, 11) is 0. The molecule has 1 aliphatic heterocycles. The van der Waals surface area contributed by atoms with E-state index in [0.29, 0.717) is 6.04 Å². The zero-order valence-electron chi connectivity index (χ0n) is 12.3. The second-order valence-electron chi connectivity index (χ2n) is 5.31. The Morgan fingerprint density at radius 1 is 1.24 bits per heavy atom. The Hall–Kier alpha value is -1.93. The van der Waals surface area contributed by atoms with Gasteiger partial charge in [-0.25, -0.2) is 15.0 Å². The second kappa shape index (κ2) is 6.23. The number of thiazole rings is 1. The van der Waals surface area contributed by atoms with E-state index in [-0.39, 0.29) is 0 Å². The van der Waals surface area contributed by atoms with E-state index in [9.17, 15) is 0 Å². The monoisotopic (exact) mass is 298 g/mol. The molecule has 1 saturated heterocycles. The van der Waals surface area contributed by atoms with Crippen LogP contribution in [-0.4, -0.2) is 27.5 Å². The zero-order chi connectivity index (χ0) is 14.7. The van der Waals surface area contributed by atoms with E-state index in [1.807, 2.05) is 12.3 Å². The molecule has 2 aromatic heterocycles. The van der Waals surface area contributed by atoms with Crippen LogP contribution in [0.1, 0.15) is 42.5 Å². The van der Waals surface area contributed by atoms with E-state index >= 15 is 0 Å². The molecule has 2 aromatic rings. The summed E-state index contributed by atoms with van der Waals surface area (Å²) in [4.78, 5) is 15.5. The average molecular weight is 298 g/mol. The molecule has 0 aromatic carbocycles. The van der Waals surface area contributed by atoms with Crippen molar-refractivity contribution in [1.29, 1.82) is 0 Å². The van der Waals surface area contributed by atoms with Crippen molar-refractivity contribution in [2.75, 3.05) is 11.4 Å². The fourth-order valence-electron chi connectivity index (χ4n) is 2.49. The molecule has 1 unspecified atom stereocenters. The van der Waals surface area contributed by atoms with Crippen molar-refractivity contribution < 1.29 is 0 Å². The smallest absolute Gasteiger partial charge is 0.225 e. The minimum Gasteiger partial charge on any atom is -0.338 e. The number of aromatic nitrogens is 3. The van der Waals surface area contributed by atoms with Crippen LogP contribution < -0.4 is 4.90 Å². The molecule has 0 spiro atoms. The van der Waals surface area contributed by atoms with Crippen LogP contribution in [0.3, 0.4) is 0 Å². The topological polar surface area (TPSA) is 41.9 Å². The fraction of sp³-hybridized carbons (Fsp3) is 0.438. The second-order valence-corrected chi connectivity index (χ2v) is 6.37. The van der Waals surface area contributed by atoms with Crippen molar-refractivity contribution in [1.82, 2.24) is 15.0 Å². The van der Waals surface area contributed by atoms with Crippen LogP contribution in [0, 0.1) is 18.8 Å². The molecule has 0 bridgehead atoms. The third-order valence-corrected chi connectivity index (χ3v) is 4.43. The molecule has 0 aliphatic carbocycles. The van der Waals surface area contributed by atoms with Gasteiger partial charge in [0.2, 0.25) is 5.95 Å². The van der Waals surface area contributed by atoms with E-state index in [0.717, 1.165) is 28.8 Å².